The molecule has 0 spiro atoms. The first-order chi connectivity index (χ1) is 8.90. The average Bonchev–Trinajstić information content (AvgIpc) is 2.36. The van der Waals surface area contributed by atoms with E-state index in [-0.39, 0.29) is 24.6 Å². The minimum Gasteiger partial charge on any atom is -0.481 e. The van der Waals surface area contributed by atoms with Gasteiger partial charge in [0, 0.05) is 20.0 Å². The number of carboxylic acid groups (broad SMARTS) is 1. The van der Waals surface area contributed by atoms with Gasteiger partial charge in [-0.15, -0.1) is 0 Å². The van der Waals surface area contributed by atoms with Crippen molar-refractivity contribution in [1.29, 1.82) is 0 Å². The van der Waals surface area contributed by atoms with Crippen molar-refractivity contribution in [3.63, 3.8) is 0 Å². The van der Waals surface area contributed by atoms with Gasteiger partial charge in [-0.1, -0.05) is 12.1 Å². The number of halogens is 1. The van der Waals surface area contributed by atoms with E-state index >= 15 is 0 Å². The van der Waals surface area contributed by atoms with Gasteiger partial charge in [-0.2, -0.15) is 0 Å². The van der Waals surface area contributed by atoms with Crippen LogP contribution in [-0.4, -0.2) is 35.5 Å². The lowest BCUT2D eigenvalue weighted by molar-refractivity contribution is -0.140. The van der Waals surface area contributed by atoms with E-state index in [1.807, 2.05) is 0 Å². The van der Waals surface area contributed by atoms with Crippen molar-refractivity contribution in [2.24, 2.45) is 0 Å². The van der Waals surface area contributed by atoms with Crippen LogP contribution in [0.3, 0.4) is 0 Å². The fourth-order valence-electron chi connectivity index (χ4n) is 1.69. The summed E-state index contributed by atoms with van der Waals surface area (Å²) in [5, 5.41) is 8.50. The summed E-state index contributed by atoms with van der Waals surface area (Å²) < 4.78 is 13.1. The molecule has 0 heterocycles. The third-order valence-corrected chi connectivity index (χ3v) is 2.94. The van der Waals surface area contributed by atoms with E-state index in [2.05, 4.69) is 0 Å². The van der Waals surface area contributed by atoms with E-state index in [1.54, 1.807) is 26.1 Å². The fourth-order valence-corrected chi connectivity index (χ4v) is 1.69. The third-order valence-electron chi connectivity index (χ3n) is 2.94. The number of amides is 1. The lowest BCUT2D eigenvalue weighted by atomic mass is 10.1. The summed E-state index contributed by atoms with van der Waals surface area (Å²) in [5.74, 6) is -1.41. The Hall–Kier alpha value is -1.91. The molecule has 19 heavy (non-hydrogen) atoms. The highest BCUT2D eigenvalue weighted by atomic mass is 19.1. The monoisotopic (exact) mass is 267 g/mol. The highest BCUT2D eigenvalue weighted by Gasteiger charge is 2.10. The molecular formula is C14H18FNO3. The Morgan fingerprint density at radius 3 is 2.58 bits per heavy atom. The number of carbonyl (C=O) groups excluding carboxylic acids is 1. The molecule has 0 atom stereocenters. The van der Waals surface area contributed by atoms with Crippen LogP contribution in [0.1, 0.15) is 24.0 Å². The summed E-state index contributed by atoms with van der Waals surface area (Å²) in [5.41, 5.74) is 1.54. The summed E-state index contributed by atoms with van der Waals surface area (Å²) in [6, 6.07) is 4.86. The van der Waals surface area contributed by atoms with Crippen LogP contribution in [0.4, 0.5) is 4.39 Å². The summed E-state index contributed by atoms with van der Waals surface area (Å²) >= 11 is 0. The molecular weight excluding hydrogens is 249 g/mol. The van der Waals surface area contributed by atoms with Crippen LogP contribution in [0, 0.1) is 12.7 Å². The molecule has 1 N–H and O–H groups in total. The fraction of sp³-hybridized carbons (Fsp3) is 0.429. The SMILES string of the molecule is Cc1cc(CCN(C)C(=O)CCC(=O)O)ccc1F. The predicted molar refractivity (Wildman–Crippen MR) is 69.3 cm³/mol. The Kier molecular flexibility index (Phi) is 5.48. The zero-order valence-electron chi connectivity index (χ0n) is 11.1. The number of carboxylic acids is 1. The number of hydrogen-bond acceptors (Lipinski definition) is 2. The van der Waals surface area contributed by atoms with Gasteiger partial charge >= 0.3 is 5.97 Å². The van der Waals surface area contributed by atoms with E-state index < -0.39 is 5.97 Å². The van der Waals surface area contributed by atoms with Gasteiger partial charge in [-0.25, -0.2) is 4.39 Å². The van der Waals surface area contributed by atoms with Crippen LogP contribution in [0.15, 0.2) is 18.2 Å². The van der Waals surface area contributed by atoms with Crippen LogP contribution in [0.25, 0.3) is 0 Å². The Morgan fingerprint density at radius 1 is 1.32 bits per heavy atom. The molecule has 4 nitrogen and oxygen atoms in total. The molecule has 0 aliphatic rings. The van der Waals surface area contributed by atoms with Gasteiger partial charge in [-0.05, 0) is 30.5 Å². The maximum atomic E-state index is 13.1. The molecule has 1 rings (SSSR count). The number of benzene rings is 1. The van der Waals surface area contributed by atoms with Crippen LogP contribution in [0.5, 0.6) is 0 Å². The van der Waals surface area contributed by atoms with E-state index in [0.29, 0.717) is 18.5 Å². The van der Waals surface area contributed by atoms with Crippen molar-refractivity contribution in [2.45, 2.75) is 26.2 Å². The summed E-state index contributed by atoms with van der Waals surface area (Å²) in [6.45, 7) is 2.18. The Morgan fingerprint density at radius 2 is 2.00 bits per heavy atom. The molecule has 104 valence electrons. The van der Waals surface area contributed by atoms with Crippen LogP contribution in [-0.2, 0) is 16.0 Å². The topological polar surface area (TPSA) is 57.6 Å². The van der Waals surface area contributed by atoms with E-state index in [0.717, 1.165) is 5.56 Å². The first-order valence-corrected chi connectivity index (χ1v) is 6.11. The van der Waals surface area contributed by atoms with E-state index in [4.69, 9.17) is 5.11 Å². The second-order valence-corrected chi connectivity index (χ2v) is 4.54. The van der Waals surface area contributed by atoms with Gasteiger partial charge in [0.15, 0.2) is 0 Å². The van der Waals surface area contributed by atoms with Gasteiger partial charge in [0.1, 0.15) is 5.82 Å². The van der Waals surface area contributed by atoms with Gasteiger partial charge in [0.2, 0.25) is 5.91 Å². The van der Waals surface area contributed by atoms with Crippen molar-refractivity contribution >= 4 is 11.9 Å². The first-order valence-electron chi connectivity index (χ1n) is 6.11. The van der Waals surface area contributed by atoms with Crippen LogP contribution < -0.4 is 0 Å². The minimum absolute atomic E-state index is 0.00821. The lowest BCUT2D eigenvalue weighted by Gasteiger charge is -2.16. The molecule has 0 aliphatic heterocycles. The first kappa shape index (κ1) is 15.1. The van der Waals surface area contributed by atoms with E-state index in [9.17, 15) is 14.0 Å². The molecule has 5 heteroatoms. The highest BCUT2D eigenvalue weighted by Crippen LogP contribution is 2.10. The maximum Gasteiger partial charge on any atom is 0.303 e. The second-order valence-electron chi connectivity index (χ2n) is 4.54. The molecule has 0 radical (unpaired) electrons. The molecule has 0 aromatic heterocycles. The van der Waals surface area contributed by atoms with Crippen LogP contribution in [0.2, 0.25) is 0 Å². The Bertz CT molecular complexity index is 474. The molecule has 0 saturated carbocycles. The Labute approximate surface area is 111 Å². The molecule has 0 aliphatic carbocycles. The zero-order chi connectivity index (χ0) is 14.4. The zero-order valence-corrected chi connectivity index (χ0v) is 11.1. The standard InChI is InChI=1S/C14H18FNO3/c1-10-9-11(3-4-12(10)15)7-8-16(2)13(17)5-6-14(18)19/h3-4,9H,5-8H2,1-2H3,(H,18,19). The number of aliphatic carboxylic acids is 1. The molecule has 0 unspecified atom stereocenters. The van der Waals surface area contributed by atoms with Crippen molar-refractivity contribution in [2.75, 3.05) is 13.6 Å². The van der Waals surface area contributed by atoms with Gasteiger partial charge in [-0.3, -0.25) is 9.59 Å². The smallest absolute Gasteiger partial charge is 0.303 e. The largest absolute Gasteiger partial charge is 0.481 e. The average molecular weight is 267 g/mol. The molecule has 1 aromatic carbocycles. The van der Waals surface area contributed by atoms with Gasteiger partial charge < -0.3 is 10.0 Å². The van der Waals surface area contributed by atoms with Crippen LogP contribution >= 0.6 is 0 Å². The summed E-state index contributed by atoms with van der Waals surface area (Å²) in [7, 11) is 1.64. The van der Waals surface area contributed by atoms with Crippen molar-refractivity contribution < 1.29 is 19.1 Å². The number of likely N-dealkylation sites (N-methyl/N-ethyl adjacent to an activating group) is 1. The van der Waals surface area contributed by atoms with E-state index in [1.165, 1.54) is 11.0 Å². The summed E-state index contributed by atoms with van der Waals surface area (Å²) in [4.78, 5) is 23.5. The predicted octanol–water partition coefficient (Wildman–Crippen LogP) is 2.00. The molecule has 1 amide bonds. The molecule has 0 fully saturated rings. The third kappa shape index (κ3) is 5.07. The van der Waals surface area contributed by atoms with Gasteiger partial charge in [0.25, 0.3) is 0 Å². The van der Waals surface area contributed by atoms with Gasteiger partial charge in [0.05, 0.1) is 6.42 Å². The molecule has 1 aromatic rings. The quantitative estimate of drug-likeness (QED) is 0.857. The lowest BCUT2D eigenvalue weighted by Crippen LogP contribution is -2.29. The maximum absolute atomic E-state index is 13.1. The Balaban J connectivity index is 2.44. The number of rotatable bonds is 6. The molecule has 0 saturated heterocycles. The molecule has 0 bridgehead atoms. The summed E-state index contributed by atoms with van der Waals surface area (Å²) in [6.07, 6.45) is 0.476. The number of aryl methyl sites for hydroxylation is 1. The highest BCUT2D eigenvalue weighted by molar-refractivity contribution is 5.80. The second kappa shape index (κ2) is 6.87. The van der Waals surface area contributed by atoms with Crippen molar-refractivity contribution in [1.82, 2.24) is 4.90 Å². The number of nitrogens with zero attached hydrogens (tertiary/aromatic N) is 1. The van der Waals surface area contributed by atoms with Crippen molar-refractivity contribution in [3.05, 3.63) is 35.1 Å². The number of carbonyl (C=O) groups is 2. The normalized spacial score (nSPS) is 10.3. The minimum atomic E-state index is -0.976. The van der Waals surface area contributed by atoms with Crippen molar-refractivity contribution in [3.8, 4) is 0 Å². The number of hydrogen-bond donors (Lipinski definition) is 1.